The molecule has 3 aromatic rings. The zero-order valence-electron chi connectivity index (χ0n) is 14.4. The number of nitrogens with one attached hydrogen (secondary N) is 1. The smallest absolute Gasteiger partial charge is 0.264 e. The number of thiazole rings is 1. The monoisotopic (exact) mass is 386 g/mol. The topological polar surface area (TPSA) is 51.2 Å². The highest BCUT2D eigenvalue weighted by molar-refractivity contribution is 7.14. The van der Waals surface area contributed by atoms with Crippen LogP contribution in [-0.2, 0) is 11.2 Å². The summed E-state index contributed by atoms with van der Waals surface area (Å²) in [6.45, 7) is 2.09. The molecule has 0 saturated carbocycles. The number of hydrogen-bond donors (Lipinski definition) is 1. The molecule has 0 spiro atoms. The Morgan fingerprint density at radius 3 is 2.58 bits per heavy atom. The normalized spacial score (nSPS) is 10.5. The summed E-state index contributed by atoms with van der Waals surface area (Å²) >= 11 is 7.27. The quantitative estimate of drug-likeness (QED) is 0.588. The lowest BCUT2D eigenvalue weighted by molar-refractivity contribution is -0.118. The summed E-state index contributed by atoms with van der Waals surface area (Å²) in [6, 6.07) is 15.2. The first kappa shape index (κ1) is 18.4. The number of nitrogens with zero attached hydrogens (tertiary/aromatic N) is 1. The van der Waals surface area contributed by atoms with Crippen molar-refractivity contribution in [1.29, 1.82) is 0 Å². The average molecular weight is 387 g/mol. The number of benzene rings is 2. The number of aryl methyl sites for hydroxylation is 1. The summed E-state index contributed by atoms with van der Waals surface area (Å²) in [6.07, 6.45) is 2.15. The SMILES string of the molecule is CCCc1ccc(OCC(=O)Nc2nc(-c3ccc(Cl)cc3)cs2)cc1. The Hall–Kier alpha value is -2.37. The van der Waals surface area contributed by atoms with Crippen molar-refractivity contribution in [1.82, 2.24) is 4.98 Å². The number of carbonyl (C=O) groups is 1. The number of hydrogen-bond acceptors (Lipinski definition) is 4. The van der Waals surface area contributed by atoms with Crippen molar-refractivity contribution in [3.05, 3.63) is 64.5 Å². The summed E-state index contributed by atoms with van der Waals surface area (Å²) in [5, 5.41) is 5.88. The third-order valence-corrected chi connectivity index (χ3v) is 4.73. The van der Waals surface area contributed by atoms with E-state index in [1.807, 2.05) is 53.9 Å². The maximum atomic E-state index is 12.1. The van der Waals surface area contributed by atoms with E-state index in [4.69, 9.17) is 16.3 Å². The fourth-order valence-corrected chi connectivity index (χ4v) is 3.29. The van der Waals surface area contributed by atoms with Gasteiger partial charge in [0.05, 0.1) is 5.69 Å². The van der Waals surface area contributed by atoms with Crippen LogP contribution >= 0.6 is 22.9 Å². The summed E-state index contributed by atoms with van der Waals surface area (Å²) in [5.74, 6) is 0.445. The van der Waals surface area contributed by atoms with Gasteiger partial charge in [0, 0.05) is 16.0 Å². The number of anilines is 1. The van der Waals surface area contributed by atoms with E-state index in [2.05, 4.69) is 17.2 Å². The maximum Gasteiger partial charge on any atom is 0.264 e. The molecule has 0 radical (unpaired) electrons. The second-order valence-electron chi connectivity index (χ2n) is 5.78. The molecule has 1 amide bonds. The van der Waals surface area contributed by atoms with Gasteiger partial charge in [-0.2, -0.15) is 0 Å². The van der Waals surface area contributed by atoms with Crippen LogP contribution < -0.4 is 10.1 Å². The first-order valence-corrected chi connectivity index (χ1v) is 9.63. The van der Waals surface area contributed by atoms with Gasteiger partial charge in [-0.1, -0.05) is 49.2 Å². The van der Waals surface area contributed by atoms with Crippen LogP contribution in [0.15, 0.2) is 53.9 Å². The van der Waals surface area contributed by atoms with Gasteiger partial charge in [-0.3, -0.25) is 10.1 Å². The van der Waals surface area contributed by atoms with Crippen LogP contribution in [0.4, 0.5) is 5.13 Å². The summed E-state index contributed by atoms with van der Waals surface area (Å²) in [4.78, 5) is 16.5. The standard InChI is InChI=1S/C20H19ClN2O2S/c1-2-3-14-4-10-17(11-5-14)25-12-19(24)23-20-22-18(13-26-20)15-6-8-16(21)9-7-15/h4-11,13H,2-3,12H2,1H3,(H,22,23,24). The lowest BCUT2D eigenvalue weighted by atomic mass is 10.1. The molecule has 1 N–H and O–H groups in total. The molecule has 1 heterocycles. The Bertz CT molecular complexity index is 860. The molecule has 0 bridgehead atoms. The predicted octanol–water partition coefficient (Wildman–Crippen LogP) is 5.43. The van der Waals surface area contributed by atoms with E-state index in [-0.39, 0.29) is 12.5 Å². The molecule has 0 aliphatic carbocycles. The number of halogens is 1. The Labute approximate surface area is 161 Å². The van der Waals surface area contributed by atoms with Gasteiger partial charge in [0.2, 0.25) is 0 Å². The summed E-state index contributed by atoms with van der Waals surface area (Å²) in [5.41, 5.74) is 3.02. The second kappa shape index (κ2) is 8.83. The van der Waals surface area contributed by atoms with E-state index in [1.165, 1.54) is 16.9 Å². The van der Waals surface area contributed by atoms with E-state index in [1.54, 1.807) is 0 Å². The number of aromatic nitrogens is 1. The summed E-state index contributed by atoms with van der Waals surface area (Å²) in [7, 11) is 0. The molecule has 1 aromatic heterocycles. The first-order chi connectivity index (χ1) is 12.6. The van der Waals surface area contributed by atoms with E-state index in [9.17, 15) is 4.79 Å². The molecule has 2 aromatic carbocycles. The van der Waals surface area contributed by atoms with Crippen LogP contribution in [0.2, 0.25) is 5.02 Å². The average Bonchev–Trinajstić information content (AvgIpc) is 3.10. The highest BCUT2D eigenvalue weighted by Gasteiger charge is 2.09. The third-order valence-electron chi connectivity index (χ3n) is 3.72. The molecule has 26 heavy (non-hydrogen) atoms. The molecule has 3 rings (SSSR count). The Morgan fingerprint density at radius 2 is 1.88 bits per heavy atom. The van der Waals surface area contributed by atoms with Gasteiger partial charge in [0.15, 0.2) is 11.7 Å². The van der Waals surface area contributed by atoms with Crippen molar-refractivity contribution >= 4 is 34.0 Å². The van der Waals surface area contributed by atoms with E-state index in [0.29, 0.717) is 15.9 Å². The fraction of sp³-hybridized carbons (Fsp3) is 0.200. The van der Waals surface area contributed by atoms with Crippen LogP contribution in [0, 0.1) is 0 Å². The van der Waals surface area contributed by atoms with Crippen LogP contribution in [0.25, 0.3) is 11.3 Å². The molecular formula is C20H19ClN2O2S. The van der Waals surface area contributed by atoms with Crippen molar-refractivity contribution in [2.45, 2.75) is 19.8 Å². The number of amides is 1. The minimum Gasteiger partial charge on any atom is -0.484 e. The molecule has 0 saturated heterocycles. The highest BCUT2D eigenvalue weighted by atomic mass is 35.5. The van der Waals surface area contributed by atoms with Crippen molar-refractivity contribution in [2.75, 3.05) is 11.9 Å². The molecule has 0 unspecified atom stereocenters. The zero-order chi connectivity index (χ0) is 18.4. The van der Waals surface area contributed by atoms with Crippen molar-refractivity contribution < 1.29 is 9.53 Å². The number of rotatable bonds is 7. The molecule has 134 valence electrons. The van der Waals surface area contributed by atoms with Crippen LogP contribution in [0.1, 0.15) is 18.9 Å². The molecule has 0 atom stereocenters. The van der Waals surface area contributed by atoms with E-state index < -0.39 is 0 Å². The van der Waals surface area contributed by atoms with Crippen molar-refractivity contribution in [3.63, 3.8) is 0 Å². The van der Waals surface area contributed by atoms with Gasteiger partial charge in [0.1, 0.15) is 5.75 Å². The minimum absolute atomic E-state index is 0.0526. The van der Waals surface area contributed by atoms with Crippen LogP contribution in [0.3, 0.4) is 0 Å². The Balaban J connectivity index is 1.52. The van der Waals surface area contributed by atoms with Gasteiger partial charge in [-0.15, -0.1) is 11.3 Å². The molecule has 4 nitrogen and oxygen atoms in total. The minimum atomic E-state index is -0.236. The molecular weight excluding hydrogens is 368 g/mol. The lowest BCUT2D eigenvalue weighted by Crippen LogP contribution is -2.20. The Morgan fingerprint density at radius 1 is 1.15 bits per heavy atom. The predicted molar refractivity (Wildman–Crippen MR) is 107 cm³/mol. The van der Waals surface area contributed by atoms with Gasteiger partial charge >= 0.3 is 0 Å². The number of ether oxygens (including phenoxy) is 1. The van der Waals surface area contributed by atoms with Crippen LogP contribution in [0.5, 0.6) is 5.75 Å². The number of carbonyl (C=O) groups excluding carboxylic acids is 1. The van der Waals surface area contributed by atoms with Gasteiger partial charge in [-0.25, -0.2) is 4.98 Å². The lowest BCUT2D eigenvalue weighted by Gasteiger charge is -2.06. The fourth-order valence-electron chi connectivity index (χ4n) is 2.43. The van der Waals surface area contributed by atoms with Crippen molar-refractivity contribution in [2.24, 2.45) is 0 Å². The molecule has 0 fully saturated rings. The molecule has 0 aliphatic heterocycles. The van der Waals surface area contributed by atoms with E-state index in [0.717, 1.165) is 24.1 Å². The second-order valence-corrected chi connectivity index (χ2v) is 7.07. The van der Waals surface area contributed by atoms with E-state index >= 15 is 0 Å². The van der Waals surface area contributed by atoms with Gasteiger partial charge in [0.25, 0.3) is 5.91 Å². The van der Waals surface area contributed by atoms with Gasteiger partial charge in [-0.05, 0) is 36.2 Å². The summed E-state index contributed by atoms with van der Waals surface area (Å²) < 4.78 is 5.53. The highest BCUT2D eigenvalue weighted by Crippen LogP contribution is 2.26. The van der Waals surface area contributed by atoms with Crippen LogP contribution in [-0.4, -0.2) is 17.5 Å². The third kappa shape index (κ3) is 5.07. The van der Waals surface area contributed by atoms with Gasteiger partial charge < -0.3 is 4.74 Å². The van der Waals surface area contributed by atoms with Crippen molar-refractivity contribution in [3.8, 4) is 17.0 Å². The molecule has 0 aliphatic rings. The maximum absolute atomic E-state index is 12.1. The largest absolute Gasteiger partial charge is 0.484 e. The molecule has 6 heteroatoms. The first-order valence-electron chi connectivity index (χ1n) is 8.37. The zero-order valence-corrected chi connectivity index (χ0v) is 15.9. The Kier molecular flexibility index (Phi) is 6.26.